The van der Waals surface area contributed by atoms with Gasteiger partial charge in [0.25, 0.3) is 0 Å². The standard InChI is InChI=1S/C16H14N4O3S.C4H9NO/c1-23-13-5-3-2-4-12(13)20-15(11-6-8-17-9-7-11)18-19-16(20)24-10-14(21)22;1-3-6-4-2-5-1/h2-9H,10H2,1H3,(H,21,22);5H,1-4H2. The minimum absolute atomic E-state index is 0.219. The van der Waals surface area contributed by atoms with Crippen molar-refractivity contribution in [3.63, 3.8) is 0 Å². The van der Waals surface area contributed by atoms with Gasteiger partial charge < -0.3 is 24.7 Å². The lowest BCUT2D eigenvalue weighted by atomic mass is 10.2. The number of para-hydroxylation sites is 2. The highest BCUT2D eigenvalue weighted by atomic mass is 32.2. The number of hydrogen-bond acceptors (Lipinski definition) is 8. The van der Waals surface area contributed by atoms with E-state index in [1.165, 1.54) is 0 Å². The van der Waals surface area contributed by atoms with E-state index in [1.54, 1.807) is 24.1 Å². The number of carboxylic acids is 1. The van der Waals surface area contributed by atoms with Crippen molar-refractivity contribution in [3.05, 3.63) is 48.8 Å². The lowest BCUT2D eigenvalue weighted by molar-refractivity contribution is -0.670. The number of aromatic nitrogens is 4. The van der Waals surface area contributed by atoms with Gasteiger partial charge in [0.05, 0.1) is 45.1 Å². The van der Waals surface area contributed by atoms with Crippen LogP contribution in [0.2, 0.25) is 0 Å². The molecule has 3 heterocycles. The van der Waals surface area contributed by atoms with E-state index in [4.69, 9.17) is 9.47 Å². The molecule has 2 N–H and O–H groups in total. The van der Waals surface area contributed by atoms with Gasteiger partial charge in [-0.1, -0.05) is 23.9 Å². The average Bonchev–Trinajstić information content (AvgIpc) is 3.23. The SMILES string of the molecule is C1COCC[NH2+]1.COc1ccccc1-n1c(SCC(=O)[O-])nnc1-c1ccncc1. The third-order valence-corrected chi connectivity index (χ3v) is 5.05. The monoisotopic (exact) mass is 429 g/mol. The van der Waals surface area contributed by atoms with Crippen LogP contribution in [0.1, 0.15) is 0 Å². The largest absolute Gasteiger partial charge is 0.549 e. The van der Waals surface area contributed by atoms with Gasteiger partial charge in [-0.05, 0) is 24.3 Å². The second-order valence-corrected chi connectivity index (χ2v) is 7.13. The smallest absolute Gasteiger partial charge is 0.196 e. The highest BCUT2D eigenvalue weighted by Gasteiger charge is 2.18. The summed E-state index contributed by atoms with van der Waals surface area (Å²) < 4.78 is 12.2. The summed E-state index contributed by atoms with van der Waals surface area (Å²) >= 11 is 1.04. The Morgan fingerprint density at radius 2 is 1.93 bits per heavy atom. The Hall–Kier alpha value is -2.95. The Morgan fingerprint density at radius 3 is 2.53 bits per heavy atom. The summed E-state index contributed by atoms with van der Waals surface area (Å²) in [7, 11) is 1.57. The molecule has 158 valence electrons. The van der Waals surface area contributed by atoms with Crippen molar-refractivity contribution in [3.8, 4) is 22.8 Å². The van der Waals surface area contributed by atoms with Gasteiger partial charge in [0.1, 0.15) is 5.75 Å². The van der Waals surface area contributed by atoms with E-state index in [9.17, 15) is 9.90 Å². The molecule has 0 saturated carbocycles. The Morgan fingerprint density at radius 1 is 1.20 bits per heavy atom. The topological polar surface area (TPSA) is 119 Å². The first-order valence-electron chi connectivity index (χ1n) is 9.42. The number of carboxylic acid groups (broad SMARTS) is 1. The van der Waals surface area contributed by atoms with Crippen molar-refractivity contribution in [1.82, 2.24) is 19.7 Å². The molecule has 3 aromatic rings. The molecule has 1 fully saturated rings. The Balaban J connectivity index is 0.000000367. The molecule has 0 radical (unpaired) electrons. The summed E-state index contributed by atoms with van der Waals surface area (Å²) in [6.07, 6.45) is 3.31. The first-order chi connectivity index (χ1) is 14.7. The van der Waals surface area contributed by atoms with E-state index in [2.05, 4.69) is 20.5 Å². The summed E-state index contributed by atoms with van der Waals surface area (Å²) in [5.41, 5.74) is 1.53. The summed E-state index contributed by atoms with van der Waals surface area (Å²) in [4.78, 5) is 14.8. The van der Waals surface area contributed by atoms with Gasteiger partial charge >= 0.3 is 0 Å². The summed E-state index contributed by atoms with van der Waals surface area (Å²) in [5, 5.41) is 21.8. The molecular weight excluding hydrogens is 406 g/mol. The number of rotatable bonds is 6. The Bertz CT molecular complexity index is 936. The van der Waals surface area contributed by atoms with Crippen LogP contribution in [0, 0.1) is 0 Å². The van der Waals surface area contributed by atoms with E-state index in [0.717, 1.165) is 49.3 Å². The van der Waals surface area contributed by atoms with Crippen molar-refractivity contribution in [1.29, 1.82) is 0 Å². The number of hydrogen-bond donors (Lipinski definition) is 1. The number of quaternary nitrogens is 1. The molecular formula is C20H23N5O4S. The number of nitrogens with two attached hydrogens (primary N) is 1. The van der Waals surface area contributed by atoms with Gasteiger partial charge in [-0.25, -0.2) is 0 Å². The van der Waals surface area contributed by atoms with Crippen LogP contribution in [-0.2, 0) is 9.53 Å². The van der Waals surface area contributed by atoms with E-state index in [1.807, 2.05) is 36.4 Å². The van der Waals surface area contributed by atoms with Crippen LogP contribution < -0.4 is 15.2 Å². The van der Waals surface area contributed by atoms with E-state index in [0.29, 0.717) is 16.7 Å². The van der Waals surface area contributed by atoms with Crippen molar-refractivity contribution in [2.24, 2.45) is 0 Å². The normalized spacial score (nSPS) is 13.2. The van der Waals surface area contributed by atoms with E-state index >= 15 is 0 Å². The summed E-state index contributed by atoms with van der Waals surface area (Å²) in [6.45, 7) is 4.19. The number of benzene rings is 1. The molecule has 9 nitrogen and oxygen atoms in total. The first-order valence-corrected chi connectivity index (χ1v) is 10.4. The van der Waals surface area contributed by atoms with Crippen LogP contribution in [0.3, 0.4) is 0 Å². The molecule has 1 aromatic carbocycles. The number of pyridine rings is 1. The van der Waals surface area contributed by atoms with Crippen LogP contribution in [0.25, 0.3) is 17.1 Å². The molecule has 0 amide bonds. The maximum atomic E-state index is 10.8. The predicted molar refractivity (Wildman–Crippen MR) is 109 cm³/mol. The number of morpholine rings is 1. The zero-order valence-corrected chi connectivity index (χ0v) is 17.4. The highest BCUT2D eigenvalue weighted by Crippen LogP contribution is 2.32. The van der Waals surface area contributed by atoms with Gasteiger partial charge in [-0.15, -0.1) is 10.2 Å². The second-order valence-electron chi connectivity index (χ2n) is 6.19. The van der Waals surface area contributed by atoms with Crippen molar-refractivity contribution in [2.75, 3.05) is 39.2 Å². The Kier molecular flexibility index (Phi) is 8.19. The molecule has 0 spiro atoms. The molecule has 0 unspecified atom stereocenters. The third kappa shape index (κ3) is 5.78. The van der Waals surface area contributed by atoms with Crippen molar-refractivity contribution < 1.29 is 24.7 Å². The highest BCUT2D eigenvalue weighted by molar-refractivity contribution is 7.99. The molecule has 1 aliphatic rings. The van der Waals surface area contributed by atoms with Gasteiger partial charge in [-0.2, -0.15) is 0 Å². The lowest BCUT2D eigenvalue weighted by Gasteiger charge is -2.13. The average molecular weight is 430 g/mol. The van der Waals surface area contributed by atoms with Crippen LogP contribution in [-0.4, -0.2) is 64.9 Å². The van der Waals surface area contributed by atoms with Gasteiger partial charge in [0.2, 0.25) is 0 Å². The minimum Gasteiger partial charge on any atom is -0.549 e. The lowest BCUT2D eigenvalue weighted by Crippen LogP contribution is -2.87. The number of thioether (sulfide) groups is 1. The predicted octanol–water partition coefficient (Wildman–Crippen LogP) is -0.240. The zero-order valence-electron chi connectivity index (χ0n) is 16.6. The number of carbonyl (C=O) groups excluding carboxylic acids is 1. The molecule has 2 aromatic heterocycles. The minimum atomic E-state index is -1.17. The molecule has 1 saturated heterocycles. The van der Waals surface area contributed by atoms with Crippen LogP contribution >= 0.6 is 11.8 Å². The van der Waals surface area contributed by atoms with Crippen molar-refractivity contribution >= 4 is 17.7 Å². The van der Waals surface area contributed by atoms with Gasteiger partial charge in [-0.3, -0.25) is 9.55 Å². The maximum absolute atomic E-state index is 10.8. The number of aliphatic carboxylic acids is 1. The number of ether oxygens (including phenoxy) is 2. The van der Waals surface area contributed by atoms with Gasteiger partial charge in [0, 0.05) is 23.7 Å². The summed E-state index contributed by atoms with van der Waals surface area (Å²) in [5.74, 6) is -0.186. The molecule has 0 atom stereocenters. The first kappa shape index (κ1) is 21.8. The number of methoxy groups -OCH3 is 1. The van der Waals surface area contributed by atoms with Crippen LogP contribution in [0.4, 0.5) is 0 Å². The molecule has 1 aliphatic heterocycles. The third-order valence-electron chi connectivity index (χ3n) is 4.15. The summed E-state index contributed by atoms with van der Waals surface area (Å²) in [6, 6.07) is 11.0. The van der Waals surface area contributed by atoms with E-state index in [-0.39, 0.29) is 5.75 Å². The van der Waals surface area contributed by atoms with Crippen LogP contribution in [0.15, 0.2) is 53.9 Å². The molecule has 4 rings (SSSR count). The molecule has 0 bridgehead atoms. The molecule has 30 heavy (non-hydrogen) atoms. The fraction of sp³-hybridized carbons (Fsp3) is 0.300. The molecule has 0 aliphatic carbocycles. The second kappa shape index (κ2) is 11.3. The number of nitrogens with zero attached hydrogens (tertiary/aromatic N) is 4. The van der Waals surface area contributed by atoms with E-state index < -0.39 is 5.97 Å². The van der Waals surface area contributed by atoms with Crippen LogP contribution in [0.5, 0.6) is 5.75 Å². The fourth-order valence-corrected chi connectivity index (χ4v) is 3.45. The number of carbonyl (C=O) groups is 1. The quantitative estimate of drug-likeness (QED) is 0.534. The van der Waals surface area contributed by atoms with Gasteiger partial charge in [0.15, 0.2) is 11.0 Å². The Labute approximate surface area is 178 Å². The fourth-order valence-electron chi connectivity index (χ4n) is 2.79. The zero-order chi connectivity index (χ0) is 21.2. The molecule has 10 heteroatoms. The maximum Gasteiger partial charge on any atom is 0.196 e. The van der Waals surface area contributed by atoms with Crippen molar-refractivity contribution in [2.45, 2.75) is 5.16 Å².